The van der Waals surface area contributed by atoms with Crippen molar-refractivity contribution in [1.82, 2.24) is 19.7 Å². The van der Waals surface area contributed by atoms with Gasteiger partial charge in [0.05, 0.1) is 5.69 Å². The molecule has 0 aliphatic rings. The van der Waals surface area contributed by atoms with Gasteiger partial charge in [0.2, 0.25) is 0 Å². The second kappa shape index (κ2) is 4.80. The third kappa shape index (κ3) is 2.12. The normalized spacial score (nSPS) is 11.5. The predicted molar refractivity (Wildman–Crippen MR) is 78.6 cm³/mol. The molecule has 5 nitrogen and oxygen atoms in total. The van der Waals surface area contributed by atoms with Crippen LogP contribution in [0.15, 0.2) is 29.1 Å². The van der Waals surface area contributed by atoms with E-state index in [1.807, 2.05) is 13.8 Å². The van der Waals surface area contributed by atoms with Crippen molar-refractivity contribution in [2.45, 2.75) is 19.8 Å². The van der Waals surface area contributed by atoms with Crippen LogP contribution in [0.1, 0.15) is 25.5 Å². The van der Waals surface area contributed by atoms with Crippen molar-refractivity contribution in [3.05, 3.63) is 46.1 Å². The van der Waals surface area contributed by atoms with Gasteiger partial charge in [-0.15, -0.1) is 0 Å². The van der Waals surface area contributed by atoms with Crippen molar-refractivity contribution < 1.29 is 4.39 Å². The zero-order chi connectivity index (χ0) is 15.1. The van der Waals surface area contributed by atoms with Crippen LogP contribution in [0.3, 0.4) is 0 Å². The quantitative estimate of drug-likeness (QED) is 0.787. The topological polar surface area (TPSA) is 63.6 Å². The fourth-order valence-corrected chi connectivity index (χ4v) is 2.31. The van der Waals surface area contributed by atoms with Crippen LogP contribution < -0.4 is 5.56 Å². The van der Waals surface area contributed by atoms with Gasteiger partial charge in [-0.05, 0) is 30.2 Å². The fraction of sp³-hybridized carbons (Fsp3) is 0.267. The van der Waals surface area contributed by atoms with E-state index in [-0.39, 0.29) is 17.3 Å². The minimum atomic E-state index is -0.323. The standard InChI is InChI=1S/C15H15FN4O/c1-8(2)11-12-13(19-18-11)15(21)20(3)14(17-12)9-4-6-10(16)7-5-9/h4-8H,1-3H3,(H,18,19). The summed E-state index contributed by atoms with van der Waals surface area (Å²) in [6.07, 6.45) is 0. The first kappa shape index (κ1) is 13.5. The van der Waals surface area contributed by atoms with Crippen molar-refractivity contribution >= 4 is 11.0 Å². The molecule has 0 atom stereocenters. The highest BCUT2D eigenvalue weighted by atomic mass is 19.1. The Kier molecular flexibility index (Phi) is 3.08. The molecule has 0 radical (unpaired) electrons. The number of rotatable bonds is 2. The summed E-state index contributed by atoms with van der Waals surface area (Å²) in [5, 5.41) is 6.95. The van der Waals surface area contributed by atoms with E-state index in [4.69, 9.17) is 0 Å². The lowest BCUT2D eigenvalue weighted by Crippen LogP contribution is -2.20. The van der Waals surface area contributed by atoms with E-state index >= 15 is 0 Å². The second-order valence-corrected chi connectivity index (χ2v) is 5.30. The summed E-state index contributed by atoms with van der Waals surface area (Å²) in [6, 6.07) is 5.92. The Balaban J connectivity index is 2.32. The summed E-state index contributed by atoms with van der Waals surface area (Å²) in [6.45, 7) is 4.01. The maximum absolute atomic E-state index is 13.1. The summed E-state index contributed by atoms with van der Waals surface area (Å²) in [4.78, 5) is 17.0. The van der Waals surface area contributed by atoms with E-state index in [2.05, 4.69) is 15.2 Å². The molecule has 3 aromatic rings. The van der Waals surface area contributed by atoms with Gasteiger partial charge >= 0.3 is 0 Å². The van der Waals surface area contributed by atoms with E-state index in [1.165, 1.54) is 16.7 Å². The van der Waals surface area contributed by atoms with Gasteiger partial charge in [-0.2, -0.15) is 5.10 Å². The summed E-state index contributed by atoms with van der Waals surface area (Å²) in [5.41, 5.74) is 2.20. The van der Waals surface area contributed by atoms with Crippen molar-refractivity contribution in [3.8, 4) is 11.4 Å². The molecule has 0 fully saturated rings. The smallest absolute Gasteiger partial charge is 0.281 e. The Morgan fingerprint density at radius 3 is 2.48 bits per heavy atom. The number of hydrogen-bond acceptors (Lipinski definition) is 3. The van der Waals surface area contributed by atoms with Crippen molar-refractivity contribution in [3.63, 3.8) is 0 Å². The summed E-state index contributed by atoms with van der Waals surface area (Å²) >= 11 is 0. The third-order valence-corrected chi connectivity index (χ3v) is 3.49. The number of nitrogens with zero attached hydrogens (tertiary/aromatic N) is 3. The number of H-pyrrole nitrogens is 1. The Morgan fingerprint density at radius 1 is 1.19 bits per heavy atom. The molecule has 0 aliphatic carbocycles. The molecule has 1 N–H and O–H groups in total. The lowest BCUT2D eigenvalue weighted by atomic mass is 10.1. The van der Waals surface area contributed by atoms with Crippen LogP contribution in [0.25, 0.3) is 22.4 Å². The molecule has 0 bridgehead atoms. The number of fused-ring (bicyclic) bond motifs is 1. The van der Waals surface area contributed by atoms with Gasteiger partial charge in [-0.25, -0.2) is 9.37 Å². The number of nitrogens with one attached hydrogen (secondary N) is 1. The zero-order valence-electron chi connectivity index (χ0n) is 12.0. The summed E-state index contributed by atoms with van der Waals surface area (Å²) in [5.74, 6) is 0.350. The largest absolute Gasteiger partial charge is 0.294 e. The van der Waals surface area contributed by atoms with E-state index in [0.29, 0.717) is 22.4 Å². The molecule has 2 aromatic heterocycles. The molecule has 0 saturated carbocycles. The first-order valence-electron chi connectivity index (χ1n) is 6.70. The van der Waals surface area contributed by atoms with Crippen LogP contribution in [0.2, 0.25) is 0 Å². The average molecular weight is 286 g/mol. The highest BCUT2D eigenvalue weighted by molar-refractivity contribution is 5.78. The molecule has 108 valence electrons. The van der Waals surface area contributed by atoms with Crippen LogP contribution >= 0.6 is 0 Å². The molecule has 3 rings (SSSR count). The molecular weight excluding hydrogens is 271 g/mol. The molecule has 1 aromatic carbocycles. The van der Waals surface area contributed by atoms with Crippen LogP contribution in [-0.2, 0) is 7.05 Å². The number of aromatic nitrogens is 4. The molecule has 0 saturated heterocycles. The van der Waals surface area contributed by atoms with E-state index in [1.54, 1.807) is 19.2 Å². The number of benzene rings is 1. The molecule has 21 heavy (non-hydrogen) atoms. The van der Waals surface area contributed by atoms with Gasteiger partial charge in [-0.1, -0.05) is 13.8 Å². The predicted octanol–water partition coefficient (Wildman–Crippen LogP) is 2.59. The third-order valence-electron chi connectivity index (χ3n) is 3.49. The van der Waals surface area contributed by atoms with E-state index < -0.39 is 0 Å². The van der Waals surface area contributed by atoms with Gasteiger partial charge in [0.25, 0.3) is 5.56 Å². The molecular formula is C15H15FN4O. The molecule has 0 unspecified atom stereocenters. The first-order valence-corrected chi connectivity index (χ1v) is 6.70. The minimum Gasteiger partial charge on any atom is -0.294 e. The van der Waals surface area contributed by atoms with Gasteiger partial charge < -0.3 is 0 Å². The van der Waals surface area contributed by atoms with Crippen LogP contribution in [0.5, 0.6) is 0 Å². The summed E-state index contributed by atoms with van der Waals surface area (Å²) < 4.78 is 14.5. The Bertz CT molecular complexity index is 862. The van der Waals surface area contributed by atoms with Crippen molar-refractivity contribution in [1.29, 1.82) is 0 Å². The number of halogens is 1. The zero-order valence-corrected chi connectivity index (χ0v) is 12.0. The van der Waals surface area contributed by atoms with E-state index in [9.17, 15) is 9.18 Å². The monoisotopic (exact) mass is 286 g/mol. The number of hydrogen-bond donors (Lipinski definition) is 1. The first-order chi connectivity index (χ1) is 9.99. The maximum atomic E-state index is 13.1. The van der Waals surface area contributed by atoms with Crippen LogP contribution in [0, 0.1) is 5.82 Å². The average Bonchev–Trinajstić information content (AvgIpc) is 2.88. The van der Waals surface area contributed by atoms with Crippen LogP contribution in [-0.4, -0.2) is 19.7 Å². The van der Waals surface area contributed by atoms with E-state index in [0.717, 1.165) is 5.69 Å². The lowest BCUT2D eigenvalue weighted by molar-refractivity contribution is 0.628. The minimum absolute atomic E-state index is 0.177. The maximum Gasteiger partial charge on any atom is 0.281 e. The molecule has 2 heterocycles. The molecule has 0 aliphatic heterocycles. The highest BCUT2D eigenvalue weighted by Crippen LogP contribution is 2.22. The number of aromatic amines is 1. The van der Waals surface area contributed by atoms with Crippen molar-refractivity contribution in [2.24, 2.45) is 7.05 Å². The van der Waals surface area contributed by atoms with Crippen molar-refractivity contribution in [2.75, 3.05) is 0 Å². The molecule has 6 heteroatoms. The van der Waals surface area contributed by atoms with Gasteiger partial charge in [0.15, 0.2) is 5.52 Å². The highest BCUT2D eigenvalue weighted by Gasteiger charge is 2.17. The lowest BCUT2D eigenvalue weighted by Gasteiger charge is -2.08. The fourth-order valence-electron chi connectivity index (χ4n) is 2.31. The summed E-state index contributed by atoms with van der Waals surface area (Å²) in [7, 11) is 1.64. The van der Waals surface area contributed by atoms with Gasteiger partial charge in [-0.3, -0.25) is 14.5 Å². The van der Waals surface area contributed by atoms with Crippen LogP contribution in [0.4, 0.5) is 4.39 Å². The van der Waals surface area contributed by atoms with Gasteiger partial charge in [0.1, 0.15) is 17.2 Å². The SMILES string of the molecule is CC(C)c1[nH]nc2c(=O)n(C)c(-c3ccc(F)cc3)nc12. The molecule has 0 spiro atoms. The molecule has 0 amide bonds. The van der Waals surface area contributed by atoms with Gasteiger partial charge in [0, 0.05) is 12.6 Å². The second-order valence-electron chi connectivity index (χ2n) is 5.30. The Labute approximate surface area is 120 Å². The Morgan fingerprint density at radius 2 is 1.86 bits per heavy atom. The Hall–Kier alpha value is -2.50.